The highest BCUT2D eigenvalue weighted by Gasteiger charge is 2.49. The van der Waals surface area contributed by atoms with Gasteiger partial charge in [0.25, 0.3) is 0 Å². The molecule has 1 atom stereocenters. The van der Waals surface area contributed by atoms with Crippen molar-refractivity contribution in [2.75, 3.05) is 0 Å². The van der Waals surface area contributed by atoms with Gasteiger partial charge in [-0.3, -0.25) is 4.99 Å². The number of halogens is 2. The SMILES string of the molecule is CC1=NC(c2ccc(F)c(Br)c2)(C2CC2)N=C1N. The van der Waals surface area contributed by atoms with Crippen LogP contribution >= 0.6 is 15.9 Å². The van der Waals surface area contributed by atoms with Crippen LogP contribution in [0.15, 0.2) is 32.7 Å². The molecule has 1 saturated carbocycles. The summed E-state index contributed by atoms with van der Waals surface area (Å²) in [6.45, 7) is 1.86. The maximum Gasteiger partial charge on any atom is 0.181 e. The summed E-state index contributed by atoms with van der Waals surface area (Å²) in [4.78, 5) is 9.20. The van der Waals surface area contributed by atoms with Crippen LogP contribution in [0.3, 0.4) is 0 Å². The van der Waals surface area contributed by atoms with Crippen molar-refractivity contribution in [1.29, 1.82) is 0 Å². The summed E-state index contributed by atoms with van der Waals surface area (Å²) < 4.78 is 13.8. The van der Waals surface area contributed by atoms with Crippen LogP contribution in [-0.2, 0) is 5.66 Å². The van der Waals surface area contributed by atoms with Gasteiger partial charge in [-0.2, -0.15) is 0 Å². The first-order valence-electron chi connectivity index (χ1n) is 5.90. The molecule has 0 spiro atoms. The summed E-state index contributed by atoms with van der Waals surface area (Å²) in [5, 5.41) is 0. The summed E-state index contributed by atoms with van der Waals surface area (Å²) in [7, 11) is 0. The maximum absolute atomic E-state index is 13.3. The van der Waals surface area contributed by atoms with Crippen LogP contribution in [0.4, 0.5) is 4.39 Å². The Hall–Kier alpha value is -1.23. The quantitative estimate of drug-likeness (QED) is 0.897. The third-order valence-electron chi connectivity index (χ3n) is 3.49. The molecule has 0 amide bonds. The van der Waals surface area contributed by atoms with Crippen LogP contribution in [-0.4, -0.2) is 11.5 Å². The van der Waals surface area contributed by atoms with Gasteiger partial charge in [-0.25, -0.2) is 9.38 Å². The third-order valence-corrected chi connectivity index (χ3v) is 4.10. The van der Waals surface area contributed by atoms with Crippen molar-refractivity contribution in [1.82, 2.24) is 0 Å². The lowest BCUT2D eigenvalue weighted by Gasteiger charge is -2.23. The molecule has 1 aromatic carbocycles. The second-order valence-electron chi connectivity index (χ2n) is 4.82. The van der Waals surface area contributed by atoms with Crippen molar-refractivity contribution in [2.24, 2.45) is 21.6 Å². The first-order chi connectivity index (χ1) is 8.53. The average molecular weight is 310 g/mol. The van der Waals surface area contributed by atoms with Crippen molar-refractivity contribution in [3.8, 4) is 0 Å². The second kappa shape index (κ2) is 3.88. The van der Waals surface area contributed by atoms with Crippen molar-refractivity contribution >= 4 is 27.5 Å². The lowest BCUT2D eigenvalue weighted by molar-refractivity contribution is 0.416. The van der Waals surface area contributed by atoms with E-state index in [0.717, 1.165) is 24.1 Å². The number of nitrogens with two attached hydrogens (primary N) is 1. The number of rotatable bonds is 2. The average Bonchev–Trinajstić information content (AvgIpc) is 3.12. The Kier molecular flexibility index (Phi) is 2.55. The fraction of sp³-hybridized carbons (Fsp3) is 0.385. The van der Waals surface area contributed by atoms with Crippen molar-refractivity contribution < 1.29 is 4.39 Å². The fourth-order valence-electron chi connectivity index (χ4n) is 2.36. The minimum Gasteiger partial charge on any atom is -0.382 e. The van der Waals surface area contributed by atoms with Gasteiger partial charge >= 0.3 is 0 Å². The van der Waals surface area contributed by atoms with Gasteiger partial charge in [0.05, 0.1) is 10.2 Å². The smallest absolute Gasteiger partial charge is 0.181 e. The van der Waals surface area contributed by atoms with E-state index in [2.05, 4.69) is 25.9 Å². The van der Waals surface area contributed by atoms with Gasteiger partial charge in [0.15, 0.2) is 5.66 Å². The Labute approximate surface area is 113 Å². The molecule has 0 bridgehead atoms. The van der Waals surface area contributed by atoms with E-state index in [-0.39, 0.29) is 5.82 Å². The van der Waals surface area contributed by atoms with Crippen LogP contribution < -0.4 is 5.73 Å². The molecule has 94 valence electrons. The molecule has 5 heteroatoms. The predicted octanol–water partition coefficient (Wildman–Crippen LogP) is 2.98. The first-order valence-corrected chi connectivity index (χ1v) is 6.70. The summed E-state index contributed by atoms with van der Waals surface area (Å²) in [6, 6.07) is 4.95. The zero-order valence-electron chi connectivity index (χ0n) is 9.95. The molecule has 3 nitrogen and oxygen atoms in total. The van der Waals surface area contributed by atoms with E-state index in [1.165, 1.54) is 6.07 Å². The highest BCUT2D eigenvalue weighted by atomic mass is 79.9. The number of aliphatic imine (C=N–C) groups is 2. The monoisotopic (exact) mass is 309 g/mol. The van der Waals surface area contributed by atoms with Crippen molar-refractivity contribution in [3.63, 3.8) is 0 Å². The topological polar surface area (TPSA) is 50.7 Å². The van der Waals surface area contributed by atoms with Gasteiger partial charge in [0.2, 0.25) is 0 Å². The first kappa shape index (κ1) is 11.8. The Morgan fingerprint density at radius 1 is 1.39 bits per heavy atom. The number of hydrogen-bond donors (Lipinski definition) is 1. The van der Waals surface area contributed by atoms with Gasteiger partial charge in [-0.1, -0.05) is 6.07 Å². The lowest BCUT2D eigenvalue weighted by atomic mass is 9.95. The van der Waals surface area contributed by atoms with Crippen LogP contribution in [0.5, 0.6) is 0 Å². The fourth-order valence-corrected chi connectivity index (χ4v) is 2.74. The molecule has 3 rings (SSSR count). The summed E-state index contributed by atoms with van der Waals surface area (Å²) in [5.74, 6) is 0.591. The standard InChI is InChI=1S/C13H13BrFN3/c1-7-12(16)18-13(17-7,8-2-3-8)9-4-5-11(15)10(14)6-9/h4-6,8H,2-3H2,1H3,(H2,16,18). The molecule has 1 heterocycles. The van der Waals surface area contributed by atoms with Gasteiger partial charge in [0, 0.05) is 11.5 Å². The summed E-state index contributed by atoms with van der Waals surface area (Å²) >= 11 is 3.21. The molecular formula is C13H13BrFN3. The highest BCUT2D eigenvalue weighted by molar-refractivity contribution is 9.10. The molecule has 1 aliphatic heterocycles. The van der Waals surface area contributed by atoms with Gasteiger partial charge < -0.3 is 5.73 Å². The zero-order valence-corrected chi connectivity index (χ0v) is 11.5. The minimum atomic E-state index is -0.621. The molecule has 1 fully saturated rings. The molecule has 0 saturated heterocycles. The third kappa shape index (κ3) is 1.68. The highest BCUT2D eigenvalue weighted by Crippen LogP contribution is 2.51. The predicted molar refractivity (Wildman–Crippen MR) is 73.2 cm³/mol. The van der Waals surface area contributed by atoms with Crippen LogP contribution in [0.25, 0.3) is 0 Å². The van der Waals surface area contributed by atoms with E-state index in [1.54, 1.807) is 12.1 Å². The van der Waals surface area contributed by atoms with Gasteiger partial charge in [-0.05, 0) is 47.8 Å². The Morgan fingerprint density at radius 2 is 2.11 bits per heavy atom. The van der Waals surface area contributed by atoms with Gasteiger partial charge in [-0.15, -0.1) is 0 Å². The number of hydrogen-bond acceptors (Lipinski definition) is 3. The largest absolute Gasteiger partial charge is 0.382 e. The molecule has 1 aliphatic carbocycles. The van der Waals surface area contributed by atoms with E-state index in [9.17, 15) is 4.39 Å². The number of benzene rings is 1. The molecule has 1 aromatic rings. The van der Waals surface area contributed by atoms with E-state index < -0.39 is 5.66 Å². The molecule has 1 unspecified atom stereocenters. The Morgan fingerprint density at radius 3 is 2.61 bits per heavy atom. The summed E-state index contributed by atoms with van der Waals surface area (Å²) in [6.07, 6.45) is 2.17. The number of amidine groups is 1. The molecule has 0 aromatic heterocycles. The van der Waals surface area contributed by atoms with Crippen LogP contribution in [0.1, 0.15) is 25.3 Å². The van der Waals surface area contributed by atoms with E-state index in [1.807, 2.05) is 6.92 Å². The molecular weight excluding hydrogens is 297 g/mol. The van der Waals surface area contributed by atoms with Crippen molar-refractivity contribution in [3.05, 3.63) is 34.1 Å². The zero-order chi connectivity index (χ0) is 12.9. The maximum atomic E-state index is 13.3. The van der Waals surface area contributed by atoms with Crippen molar-refractivity contribution in [2.45, 2.75) is 25.4 Å². The van der Waals surface area contributed by atoms with Crippen LogP contribution in [0, 0.1) is 11.7 Å². The Balaban J connectivity index is 2.14. The minimum absolute atomic E-state index is 0.277. The van der Waals surface area contributed by atoms with E-state index in [0.29, 0.717) is 16.2 Å². The normalized spacial score (nSPS) is 27.1. The molecule has 0 radical (unpaired) electrons. The molecule has 18 heavy (non-hydrogen) atoms. The molecule has 2 N–H and O–H groups in total. The summed E-state index contributed by atoms with van der Waals surface area (Å²) in [5.41, 5.74) is 6.90. The lowest BCUT2D eigenvalue weighted by Crippen LogP contribution is -2.23. The second-order valence-corrected chi connectivity index (χ2v) is 5.68. The van der Waals surface area contributed by atoms with E-state index >= 15 is 0 Å². The number of nitrogens with zero attached hydrogens (tertiary/aromatic N) is 2. The van der Waals surface area contributed by atoms with E-state index in [4.69, 9.17) is 5.73 Å². The molecule has 2 aliphatic rings. The van der Waals surface area contributed by atoms with Crippen LogP contribution in [0.2, 0.25) is 0 Å². The van der Waals surface area contributed by atoms with Gasteiger partial charge in [0.1, 0.15) is 11.7 Å². The Bertz CT molecular complexity index is 558.